The van der Waals surface area contributed by atoms with E-state index < -0.39 is 5.97 Å². The van der Waals surface area contributed by atoms with Gasteiger partial charge in [-0.15, -0.1) is 22.7 Å². The zero-order valence-electron chi connectivity index (χ0n) is 15.9. The first-order chi connectivity index (χ1) is 14.5. The number of para-hydroxylation sites is 2. The highest BCUT2D eigenvalue weighted by Crippen LogP contribution is 2.44. The second kappa shape index (κ2) is 8.14. The van der Waals surface area contributed by atoms with Crippen molar-refractivity contribution in [2.75, 3.05) is 0 Å². The molecule has 7 heteroatoms. The molecule has 0 saturated heterocycles. The van der Waals surface area contributed by atoms with Crippen molar-refractivity contribution in [2.45, 2.75) is 6.92 Å². The first-order valence-corrected chi connectivity index (χ1v) is 10.6. The minimum atomic E-state index is -0.614. The Hall–Kier alpha value is -3.42. The number of phenols is 1. The summed E-state index contributed by atoms with van der Waals surface area (Å²) in [7, 11) is 0. The van der Waals surface area contributed by atoms with Gasteiger partial charge in [0, 0.05) is 16.2 Å². The van der Waals surface area contributed by atoms with Crippen molar-refractivity contribution in [1.82, 2.24) is 0 Å². The van der Waals surface area contributed by atoms with Crippen LogP contribution in [0.25, 0.3) is 10.1 Å². The molecule has 0 fully saturated rings. The number of ether oxygens (including phenoxy) is 2. The number of carbonyl (C=O) groups is 2. The average molecular weight is 437 g/mol. The zero-order chi connectivity index (χ0) is 21.3. The van der Waals surface area contributed by atoms with E-state index in [1.54, 1.807) is 36.4 Å². The molecule has 2 aromatic carbocycles. The molecule has 2 heterocycles. The summed E-state index contributed by atoms with van der Waals surface area (Å²) in [5.74, 6) is 0.191. The summed E-state index contributed by atoms with van der Waals surface area (Å²) in [6, 6.07) is 13.4. The number of aromatic hydroxyl groups is 1. The third kappa shape index (κ3) is 3.72. The summed E-state index contributed by atoms with van der Waals surface area (Å²) in [5, 5.41) is 12.4. The standard InChI is InChI=1S/C23H16O5S2/c1-3-19(25)27-16-6-4-5-7-17(16)28-21-15-9-8-14(24)12-18(15)30-23(21)20(26)22-13(2)10-11-29-22/h3-12,24H,1H2,2H3. The van der Waals surface area contributed by atoms with Crippen molar-refractivity contribution in [3.8, 4) is 23.0 Å². The second-order valence-corrected chi connectivity index (χ2v) is 8.34. The van der Waals surface area contributed by atoms with E-state index in [0.29, 0.717) is 25.6 Å². The van der Waals surface area contributed by atoms with Gasteiger partial charge in [-0.1, -0.05) is 18.7 Å². The van der Waals surface area contributed by atoms with Crippen LogP contribution < -0.4 is 9.47 Å². The van der Waals surface area contributed by atoms with Crippen LogP contribution in [-0.2, 0) is 4.79 Å². The minimum absolute atomic E-state index is 0.0990. The largest absolute Gasteiger partial charge is 0.508 e. The molecule has 4 rings (SSSR count). The van der Waals surface area contributed by atoms with E-state index in [0.717, 1.165) is 11.6 Å². The molecule has 0 radical (unpaired) electrons. The number of benzene rings is 2. The van der Waals surface area contributed by atoms with E-state index in [2.05, 4.69) is 6.58 Å². The average Bonchev–Trinajstić information content (AvgIpc) is 3.32. The third-order valence-electron chi connectivity index (χ3n) is 4.34. The molecule has 5 nitrogen and oxygen atoms in total. The number of rotatable bonds is 6. The van der Waals surface area contributed by atoms with Crippen molar-refractivity contribution in [3.63, 3.8) is 0 Å². The predicted molar refractivity (Wildman–Crippen MR) is 118 cm³/mol. The van der Waals surface area contributed by atoms with Crippen LogP contribution in [0.3, 0.4) is 0 Å². The fourth-order valence-corrected chi connectivity index (χ4v) is 4.94. The number of aryl methyl sites for hydroxylation is 1. The van der Waals surface area contributed by atoms with E-state index in [9.17, 15) is 14.7 Å². The number of ketones is 1. The summed E-state index contributed by atoms with van der Waals surface area (Å²) in [6.07, 6.45) is 1.06. The lowest BCUT2D eigenvalue weighted by molar-refractivity contribution is -0.129. The maximum atomic E-state index is 13.3. The minimum Gasteiger partial charge on any atom is -0.508 e. The van der Waals surface area contributed by atoms with Crippen molar-refractivity contribution in [2.24, 2.45) is 0 Å². The van der Waals surface area contributed by atoms with Gasteiger partial charge in [0.1, 0.15) is 10.6 Å². The lowest BCUT2D eigenvalue weighted by Gasteiger charge is -2.11. The first-order valence-electron chi connectivity index (χ1n) is 8.93. The number of hydrogen-bond acceptors (Lipinski definition) is 7. The lowest BCUT2D eigenvalue weighted by Crippen LogP contribution is -2.05. The van der Waals surface area contributed by atoms with E-state index in [4.69, 9.17) is 9.47 Å². The highest BCUT2D eigenvalue weighted by Gasteiger charge is 2.25. The first kappa shape index (κ1) is 19.9. The monoisotopic (exact) mass is 436 g/mol. The van der Waals surface area contributed by atoms with Gasteiger partial charge < -0.3 is 14.6 Å². The Bertz CT molecular complexity index is 1280. The predicted octanol–water partition coefficient (Wildman–Crippen LogP) is 6.09. The number of fused-ring (bicyclic) bond motifs is 1. The van der Waals surface area contributed by atoms with Gasteiger partial charge in [0.15, 0.2) is 17.2 Å². The van der Waals surface area contributed by atoms with Crippen LogP contribution in [0.5, 0.6) is 23.0 Å². The van der Waals surface area contributed by atoms with Gasteiger partial charge in [-0.2, -0.15) is 0 Å². The lowest BCUT2D eigenvalue weighted by atomic mass is 10.1. The molecular formula is C23H16O5S2. The number of phenolic OH excluding ortho intramolecular Hbond substituents is 1. The van der Waals surface area contributed by atoms with Crippen molar-refractivity contribution in [1.29, 1.82) is 0 Å². The van der Waals surface area contributed by atoms with Gasteiger partial charge in [0.05, 0.1) is 4.88 Å². The Balaban J connectivity index is 1.85. The van der Waals surface area contributed by atoms with Gasteiger partial charge >= 0.3 is 5.97 Å². The van der Waals surface area contributed by atoms with Crippen molar-refractivity contribution < 1.29 is 24.2 Å². The van der Waals surface area contributed by atoms with Crippen LogP contribution in [0.2, 0.25) is 0 Å². The van der Waals surface area contributed by atoms with Gasteiger partial charge in [0.2, 0.25) is 5.78 Å². The topological polar surface area (TPSA) is 72.8 Å². The Morgan fingerprint density at radius 2 is 1.83 bits per heavy atom. The van der Waals surface area contributed by atoms with Crippen molar-refractivity contribution in [3.05, 3.63) is 81.9 Å². The molecule has 0 spiro atoms. The molecule has 0 bridgehead atoms. The molecular weight excluding hydrogens is 420 g/mol. The summed E-state index contributed by atoms with van der Waals surface area (Å²) < 4.78 is 12.1. The molecule has 4 aromatic rings. The third-order valence-corrected chi connectivity index (χ3v) is 6.49. The molecule has 0 aliphatic rings. The van der Waals surface area contributed by atoms with Crippen LogP contribution >= 0.6 is 22.7 Å². The van der Waals surface area contributed by atoms with E-state index in [1.165, 1.54) is 28.7 Å². The SMILES string of the molecule is C=CC(=O)Oc1ccccc1Oc1c(C(=O)c2sccc2C)sc2cc(O)ccc12. The molecule has 0 aliphatic heterocycles. The van der Waals surface area contributed by atoms with E-state index >= 15 is 0 Å². The number of esters is 1. The number of carbonyl (C=O) groups excluding carboxylic acids is 2. The van der Waals surface area contributed by atoms with E-state index in [1.807, 2.05) is 18.4 Å². The van der Waals surface area contributed by atoms with Crippen LogP contribution in [0.15, 0.2) is 66.6 Å². The summed E-state index contributed by atoms with van der Waals surface area (Å²) >= 11 is 2.61. The van der Waals surface area contributed by atoms with Gasteiger partial charge in [-0.05, 0) is 54.3 Å². The summed E-state index contributed by atoms with van der Waals surface area (Å²) in [5.41, 5.74) is 0.886. The Morgan fingerprint density at radius 3 is 2.53 bits per heavy atom. The van der Waals surface area contributed by atoms with Gasteiger partial charge in [-0.3, -0.25) is 4.79 Å². The Morgan fingerprint density at radius 1 is 1.07 bits per heavy atom. The Labute approximate surface area is 180 Å². The number of thiophene rings is 2. The molecule has 0 atom stereocenters. The van der Waals surface area contributed by atoms with Gasteiger partial charge in [0.25, 0.3) is 0 Å². The quantitative estimate of drug-likeness (QED) is 0.171. The Kier molecular flexibility index (Phi) is 5.39. The van der Waals surface area contributed by atoms with Crippen LogP contribution in [0, 0.1) is 6.92 Å². The maximum Gasteiger partial charge on any atom is 0.335 e. The molecule has 30 heavy (non-hydrogen) atoms. The highest BCUT2D eigenvalue weighted by molar-refractivity contribution is 7.22. The molecule has 0 saturated carbocycles. The molecule has 150 valence electrons. The molecule has 0 aliphatic carbocycles. The number of hydrogen-bond donors (Lipinski definition) is 1. The molecule has 2 aromatic heterocycles. The molecule has 0 unspecified atom stereocenters. The fourth-order valence-electron chi connectivity index (χ4n) is 2.90. The van der Waals surface area contributed by atoms with Gasteiger partial charge in [-0.25, -0.2) is 4.79 Å². The van der Waals surface area contributed by atoms with Crippen LogP contribution in [0.1, 0.15) is 20.1 Å². The molecule has 1 N–H and O–H groups in total. The fraction of sp³-hybridized carbons (Fsp3) is 0.0435. The highest BCUT2D eigenvalue weighted by atomic mass is 32.1. The zero-order valence-corrected chi connectivity index (χ0v) is 17.5. The summed E-state index contributed by atoms with van der Waals surface area (Å²) in [6.45, 7) is 5.29. The second-order valence-electron chi connectivity index (χ2n) is 6.38. The normalized spacial score (nSPS) is 10.7. The van der Waals surface area contributed by atoms with Crippen molar-refractivity contribution >= 4 is 44.5 Å². The van der Waals surface area contributed by atoms with Crippen LogP contribution in [0.4, 0.5) is 0 Å². The summed E-state index contributed by atoms with van der Waals surface area (Å²) in [4.78, 5) is 26.0. The van der Waals surface area contributed by atoms with E-state index in [-0.39, 0.29) is 23.0 Å². The smallest absolute Gasteiger partial charge is 0.335 e. The van der Waals surface area contributed by atoms with Crippen LogP contribution in [-0.4, -0.2) is 16.9 Å². The maximum absolute atomic E-state index is 13.3. The molecule has 0 amide bonds.